The van der Waals surface area contributed by atoms with Gasteiger partial charge in [0, 0.05) is 0 Å². The maximum absolute atomic E-state index is 12.0. The maximum atomic E-state index is 12.0. The minimum atomic E-state index is -0.715. The third-order valence-corrected chi connectivity index (χ3v) is 3.30. The van der Waals surface area contributed by atoms with E-state index in [1.165, 1.54) is 0 Å². The van der Waals surface area contributed by atoms with Gasteiger partial charge in [-0.25, -0.2) is 4.79 Å². The molecule has 1 unspecified atom stereocenters. The molecule has 1 saturated carbocycles. The Labute approximate surface area is 107 Å². The zero-order chi connectivity index (χ0) is 13.7. The van der Waals surface area contributed by atoms with Crippen LogP contribution in [0.2, 0.25) is 0 Å². The molecule has 0 bridgehead atoms. The molecule has 1 fully saturated rings. The summed E-state index contributed by atoms with van der Waals surface area (Å²) in [5.74, 6) is -0.340. The molecule has 3 atom stereocenters. The summed E-state index contributed by atoms with van der Waals surface area (Å²) in [6.45, 7) is 3.66. The van der Waals surface area contributed by atoms with E-state index in [-0.39, 0.29) is 17.9 Å². The van der Waals surface area contributed by atoms with Gasteiger partial charge in [0.2, 0.25) is 5.91 Å². The van der Waals surface area contributed by atoms with Crippen LogP contribution in [0.25, 0.3) is 0 Å². The van der Waals surface area contributed by atoms with Crippen molar-refractivity contribution in [1.82, 2.24) is 10.6 Å². The lowest BCUT2D eigenvalue weighted by molar-refractivity contribution is -0.125. The Bertz CT molecular complexity index is 307. The van der Waals surface area contributed by atoms with Crippen molar-refractivity contribution in [3.63, 3.8) is 0 Å². The molecule has 0 aliphatic heterocycles. The van der Waals surface area contributed by atoms with Crippen molar-refractivity contribution in [3.05, 3.63) is 0 Å². The van der Waals surface area contributed by atoms with Crippen molar-refractivity contribution in [2.75, 3.05) is 0 Å². The summed E-state index contributed by atoms with van der Waals surface area (Å²) in [5.41, 5.74) is 5.05. The minimum Gasteiger partial charge on any atom is -0.391 e. The lowest BCUT2D eigenvalue weighted by Crippen LogP contribution is -2.55. The van der Waals surface area contributed by atoms with Crippen molar-refractivity contribution in [2.45, 2.75) is 57.7 Å². The topological polar surface area (TPSA) is 104 Å². The molecule has 0 heterocycles. The fourth-order valence-corrected chi connectivity index (χ4v) is 2.24. The number of rotatable bonds is 4. The van der Waals surface area contributed by atoms with Crippen LogP contribution in [0.1, 0.15) is 39.5 Å². The van der Waals surface area contributed by atoms with Crippen LogP contribution in [0.15, 0.2) is 0 Å². The van der Waals surface area contributed by atoms with E-state index in [1.807, 2.05) is 13.8 Å². The highest BCUT2D eigenvalue weighted by molar-refractivity contribution is 5.86. The highest BCUT2D eigenvalue weighted by Crippen LogP contribution is 2.18. The van der Waals surface area contributed by atoms with Gasteiger partial charge in [-0.2, -0.15) is 0 Å². The molecule has 6 heteroatoms. The molecule has 0 aromatic rings. The number of carbonyl (C=O) groups is 2. The van der Waals surface area contributed by atoms with E-state index < -0.39 is 18.2 Å². The highest BCUT2D eigenvalue weighted by Gasteiger charge is 2.29. The van der Waals surface area contributed by atoms with E-state index in [1.54, 1.807) is 0 Å². The predicted octanol–water partition coefficient (Wildman–Crippen LogP) is 0.0990. The minimum absolute atomic E-state index is 0.0572. The van der Waals surface area contributed by atoms with Crippen molar-refractivity contribution < 1.29 is 14.7 Å². The number of urea groups is 1. The Balaban J connectivity index is 2.57. The molecule has 104 valence electrons. The monoisotopic (exact) mass is 257 g/mol. The highest BCUT2D eigenvalue weighted by atomic mass is 16.3. The first kappa shape index (κ1) is 14.8. The number of nitrogens with two attached hydrogens (primary N) is 1. The van der Waals surface area contributed by atoms with E-state index >= 15 is 0 Å². The first-order valence-corrected chi connectivity index (χ1v) is 6.46. The summed E-state index contributed by atoms with van der Waals surface area (Å²) in [4.78, 5) is 22.9. The van der Waals surface area contributed by atoms with Gasteiger partial charge in [-0.3, -0.25) is 4.79 Å². The number of aliphatic hydroxyl groups excluding tert-OH is 1. The Morgan fingerprint density at radius 3 is 2.39 bits per heavy atom. The van der Waals surface area contributed by atoms with Gasteiger partial charge in [0.15, 0.2) is 0 Å². The number of aliphatic hydroxyl groups is 1. The van der Waals surface area contributed by atoms with Crippen molar-refractivity contribution in [3.8, 4) is 0 Å². The molecule has 5 N–H and O–H groups in total. The summed E-state index contributed by atoms with van der Waals surface area (Å²) < 4.78 is 0. The van der Waals surface area contributed by atoms with E-state index in [2.05, 4.69) is 10.6 Å². The number of hydrogen-bond acceptors (Lipinski definition) is 3. The maximum Gasteiger partial charge on any atom is 0.312 e. The van der Waals surface area contributed by atoms with Crippen LogP contribution in [-0.4, -0.2) is 35.2 Å². The summed E-state index contributed by atoms with van der Waals surface area (Å²) in [7, 11) is 0. The Morgan fingerprint density at radius 2 is 1.89 bits per heavy atom. The van der Waals surface area contributed by atoms with Crippen LogP contribution in [0.5, 0.6) is 0 Å². The predicted molar refractivity (Wildman–Crippen MR) is 67.8 cm³/mol. The third kappa shape index (κ3) is 4.18. The third-order valence-electron chi connectivity index (χ3n) is 3.30. The van der Waals surface area contributed by atoms with E-state index in [9.17, 15) is 14.7 Å². The second-order valence-corrected chi connectivity index (χ2v) is 5.20. The number of primary amides is 1. The number of hydrogen-bond donors (Lipinski definition) is 4. The molecule has 6 nitrogen and oxygen atoms in total. The van der Waals surface area contributed by atoms with Gasteiger partial charge in [0.25, 0.3) is 0 Å². The van der Waals surface area contributed by atoms with Crippen LogP contribution in [0, 0.1) is 5.92 Å². The lowest BCUT2D eigenvalue weighted by Gasteiger charge is -2.30. The molecule has 1 aliphatic carbocycles. The average molecular weight is 257 g/mol. The fraction of sp³-hybridized carbons (Fsp3) is 0.833. The average Bonchev–Trinajstić information content (AvgIpc) is 2.28. The second kappa shape index (κ2) is 6.58. The molecule has 0 aromatic heterocycles. The smallest absolute Gasteiger partial charge is 0.312 e. The first-order valence-electron chi connectivity index (χ1n) is 6.46. The van der Waals surface area contributed by atoms with E-state index in [4.69, 9.17) is 5.73 Å². The number of nitrogens with one attached hydrogen (secondary N) is 2. The second-order valence-electron chi connectivity index (χ2n) is 5.20. The fourth-order valence-electron chi connectivity index (χ4n) is 2.24. The zero-order valence-electron chi connectivity index (χ0n) is 11.0. The molecule has 0 radical (unpaired) electrons. The molecule has 3 amide bonds. The van der Waals surface area contributed by atoms with Gasteiger partial charge in [0.05, 0.1) is 12.1 Å². The molecular weight excluding hydrogens is 234 g/mol. The van der Waals surface area contributed by atoms with Gasteiger partial charge < -0.3 is 21.5 Å². The molecule has 1 rings (SSSR count). The Morgan fingerprint density at radius 1 is 1.28 bits per heavy atom. The lowest BCUT2D eigenvalue weighted by atomic mass is 9.92. The van der Waals surface area contributed by atoms with Crippen LogP contribution >= 0.6 is 0 Å². The van der Waals surface area contributed by atoms with Gasteiger partial charge in [-0.1, -0.05) is 26.7 Å². The van der Waals surface area contributed by atoms with Crippen LogP contribution in [-0.2, 0) is 4.79 Å². The van der Waals surface area contributed by atoms with Gasteiger partial charge >= 0.3 is 6.03 Å². The molecular formula is C12H23N3O3. The van der Waals surface area contributed by atoms with Crippen LogP contribution in [0.3, 0.4) is 0 Å². The van der Waals surface area contributed by atoms with Crippen LogP contribution in [0.4, 0.5) is 4.79 Å². The first-order chi connectivity index (χ1) is 8.41. The quantitative estimate of drug-likeness (QED) is 0.574. The van der Waals surface area contributed by atoms with Crippen LogP contribution < -0.4 is 16.4 Å². The summed E-state index contributed by atoms with van der Waals surface area (Å²) >= 11 is 0. The summed E-state index contributed by atoms with van der Waals surface area (Å²) in [5, 5.41) is 15.0. The van der Waals surface area contributed by atoms with Gasteiger partial charge in [-0.15, -0.1) is 0 Å². The molecule has 1 aliphatic rings. The van der Waals surface area contributed by atoms with Crippen molar-refractivity contribution in [1.29, 1.82) is 0 Å². The number of amides is 3. The van der Waals surface area contributed by atoms with Crippen molar-refractivity contribution >= 4 is 11.9 Å². The van der Waals surface area contributed by atoms with E-state index in [0.717, 1.165) is 19.3 Å². The molecule has 0 spiro atoms. The summed E-state index contributed by atoms with van der Waals surface area (Å²) in [6, 6.07) is -1.59. The Hall–Kier alpha value is -1.30. The van der Waals surface area contributed by atoms with Gasteiger partial charge in [-0.05, 0) is 18.8 Å². The normalized spacial score (nSPS) is 25.6. The molecule has 18 heavy (non-hydrogen) atoms. The zero-order valence-corrected chi connectivity index (χ0v) is 11.0. The largest absolute Gasteiger partial charge is 0.391 e. The standard InChI is InChI=1S/C12H23N3O3/c1-7(2)10(15-12(13)18)11(17)14-8-5-3-4-6-9(8)16/h7-10,16H,3-6H2,1-2H3,(H,14,17)(H3,13,15,18)/t8-,9-,10?/m1/s1. The van der Waals surface area contributed by atoms with Gasteiger partial charge in [0.1, 0.15) is 6.04 Å². The van der Waals surface area contributed by atoms with E-state index in [0.29, 0.717) is 6.42 Å². The van der Waals surface area contributed by atoms with Crippen molar-refractivity contribution in [2.24, 2.45) is 11.7 Å². The number of carbonyl (C=O) groups excluding carboxylic acids is 2. The Kier molecular flexibility index (Phi) is 5.40. The SMILES string of the molecule is CC(C)C(NC(N)=O)C(=O)N[C@@H]1CCCC[C@H]1O. The molecule has 0 saturated heterocycles. The summed E-state index contributed by atoms with van der Waals surface area (Å²) in [6.07, 6.45) is 2.97. The molecule has 0 aromatic carbocycles.